The summed E-state index contributed by atoms with van der Waals surface area (Å²) in [6, 6.07) is 7.19. The van der Waals surface area contributed by atoms with E-state index < -0.39 is 10.0 Å². The lowest BCUT2D eigenvalue weighted by atomic mass is 10.1. The van der Waals surface area contributed by atoms with Gasteiger partial charge in [-0.2, -0.15) is 5.26 Å². The molecular weight excluding hydrogens is 316 g/mol. The minimum atomic E-state index is -3.30. The molecule has 0 amide bonds. The molecule has 2 aromatic rings. The number of rotatable bonds is 2. The molecule has 0 N–H and O–H groups in total. The van der Waals surface area contributed by atoms with Crippen molar-refractivity contribution < 1.29 is 8.42 Å². The Morgan fingerprint density at radius 2 is 2.11 bits per heavy atom. The van der Waals surface area contributed by atoms with E-state index >= 15 is 0 Å². The second-order valence-corrected chi connectivity index (χ2v) is 7.36. The van der Waals surface area contributed by atoms with Gasteiger partial charge in [-0.15, -0.1) is 0 Å². The van der Waals surface area contributed by atoms with E-state index in [1.807, 2.05) is 0 Å². The summed E-state index contributed by atoms with van der Waals surface area (Å²) >= 11 is 3.30. The molecule has 3 rings (SSSR count). The Labute approximate surface area is 113 Å². The summed E-state index contributed by atoms with van der Waals surface area (Å²) in [6.45, 7) is 0. The van der Waals surface area contributed by atoms with Crippen LogP contribution in [0, 0.1) is 11.3 Å². The first-order valence-electron chi connectivity index (χ1n) is 5.49. The molecule has 0 atom stereocenters. The van der Waals surface area contributed by atoms with Crippen molar-refractivity contribution in [2.75, 3.05) is 0 Å². The summed E-state index contributed by atoms with van der Waals surface area (Å²) in [5, 5.41) is 9.47. The summed E-state index contributed by atoms with van der Waals surface area (Å²) in [7, 11) is -3.30. The number of nitriles is 1. The van der Waals surface area contributed by atoms with Crippen molar-refractivity contribution in [1.29, 1.82) is 5.26 Å². The summed E-state index contributed by atoms with van der Waals surface area (Å²) in [4.78, 5) is 0. The van der Waals surface area contributed by atoms with E-state index in [-0.39, 0.29) is 5.25 Å². The molecule has 0 unspecified atom stereocenters. The van der Waals surface area contributed by atoms with Gasteiger partial charge in [-0.3, -0.25) is 0 Å². The standard InChI is InChI=1S/C12H9BrN2O2S/c13-9-5-8(7-14)11-3-4-15(12(11)6-9)18(16,17)10-1-2-10/h3-6,10H,1-2H2. The van der Waals surface area contributed by atoms with Crippen LogP contribution in [-0.2, 0) is 10.0 Å². The van der Waals surface area contributed by atoms with Crippen molar-refractivity contribution in [3.8, 4) is 6.07 Å². The molecule has 1 aliphatic rings. The van der Waals surface area contributed by atoms with E-state index in [1.165, 1.54) is 10.2 Å². The minimum Gasteiger partial charge on any atom is -0.245 e. The molecule has 0 spiro atoms. The molecule has 4 nitrogen and oxygen atoms in total. The zero-order valence-corrected chi connectivity index (χ0v) is 11.7. The number of nitrogens with zero attached hydrogens (tertiary/aromatic N) is 2. The van der Waals surface area contributed by atoms with Crippen molar-refractivity contribution >= 4 is 36.9 Å². The van der Waals surface area contributed by atoms with Crippen LogP contribution in [0.5, 0.6) is 0 Å². The zero-order valence-electron chi connectivity index (χ0n) is 9.30. The maximum Gasteiger partial charge on any atom is 0.241 e. The van der Waals surface area contributed by atoms with Crippen LogP contribution in [0.2, 0.25) is 0 Å². The van der Waals surface area contributed by atoms with E-state index in [1.54, 1.807) is 18.2 Å². The number of hydrogen-bond donors (Lipinski definition) is 0. The van der Waals surface area contributed by atoms with Crippen molar-refractivity contribution in [2.24, 2.45) is 0 Å². The largest absolute Gasteiger partial charge is 0.245 e. The van der Waals surface area contributed by atoms with Gasteiger partial charge in [0.1, 0.15) is 0 Å². The zero-order chi connectivity index (χ0) is 12.9. The summed E-state index contributed by atoms with van der Waals surface area (Å²) in [6.07, 6.45) is 2.98. The average molecular weight is 325 g/mol. The lowest BCUT2D eigenvalue weighted by Crippen LogP contribution is -2.16. The van der Waals surface area contributed by atoms with E-state index in [4.69, 9.17) is 5.26 Å². The maximum atomic E-state index is 12.2. The van der Waals surface area contributed by atoms with E-state index in [0.717, 1.165) is 12.8 Å². The van der Waals surface area contributed by atoms with Gasteiger partial charge in [0.2, 0.25) is 10.0 Å². The van der Waals surface area contributed by atoms with Gasteiger partial charge in [0.15, 0.2) is 0 Å². The van der Waals surface area contributed by atoms with Crippen LogP contribution in [0.1, 0.15) is 18.4 Å². The smallest absolute Gasteiger partial charge is 0.241 e. The average Bonchev–Trinajstić information content (AvgIpc) is 3.09. The number of benzene rings is 1. The van der Waals surface area contributed by atoms with Crippen LogP contribution in [0.25, 0.3) is 10.9 Å². The van der Waals surface area contributed by atoms with Crippen molar-refractivity contribution in [1.82, 2.24) is 3.97 Å². The molecule has 6 heteroatoms. The van der Waals surface area contributed by atoms with Crippen LogP contribution < -0.4 is 0 Å². The Morgan fingerprint density at radius 1 is 1.39 bits per heavy atom. The van der Waals surface area contributed by atoms with Crippen molar-refractivity contribution in [3.63, 3.8) is 0 Å². The van der Waals surface area contributed by atoms with Gasteiger partial charge in [0.25, 0.3) is 0 Å². The summed E-state index contributed by atoms with van der Waals surface area (Å²) in [5.74, 6) is 0. The molecule has 0 bridgehead atoms. The molecule has 1 aliphatic carbocycles. The van der Waals surface area contributed by atoms with E-state index in [0.29, 0.717) is 20.9 Å². The third-order valence-corrected chi connectivity index (χ3v) is 5.72. The fourth-order valence-electron chi connectivity index (χ4n) is 2.02. The highest BCUT2D eigenvalue weighted by Gasteiger charge is 2.37. The van der Waals surface area contributed by atoms with Crippen molar-refractivity contribution in [3.05, 3.63) is 34.4 Å². The maximum absolute atomic E-state index is 12.2. The van der Waals surface area contributed by atoms with Crippen LogP contribution in [0.4, 0.5) is 0 Å². The van der Waals surface area contributed by atoms with Gasteiger partial charge >= 0.3 is 0 Å². The molecular formula is C12H9BrN2O2S. The monoisotopic (exact) mass is 324 g/mol. The third kappa shape index (κ3) is 1.66. The Balaban J connectivity index is 2.33. The lowest BCUT2D eigenvalue weighted by molar-refractivity contribution is 0.587. The Bertz CT molecular complexity index is 782. The molecule has 1 fully saturated rings. The number of hydrogen-bond acceptors (Lipinski definition) is 3. The van der Waals surface area contributed by atoms with Crippen LogP contribution >= 0.6 is 15.9 Å². The lowest BCUT2D eigenvalue weighted by Gasteiger charge is -2.06. The fourth-order valence-corrected chi connectivity index (χ4v) is 4.18. The van der Waals surface area contributed by atoms with Gasteiger partial charge in [0, 0.05) is 16.1 Å². The van der Waals surface area contributed by atoms with Crippen LogP contribution in [0.3, 0.4) is 0 Å². The SMILES string of the molecule is N#Cc1cc(Br)cc2c1ccn2S(=O)(=O)C1CC1. The van der Waals surface area contributed by atoms with Gasteiger partial charge < -0.3 is 0 Å². The minimum absolute atomic E-state index is 0.266. The Morgan fingerprint density at radius 3 is 2.72 bits per heavy atom. The molecule has 0 saturated heterocycles. The molecule has 92 valence electrons. The highest BCUT2D eigenvalue weighted by Crippen LogP contribution is 2.33. The van der Waals surface area contributed by atoms with Gasteiger partial charge in [-0.05, 0) is 31.0 Å². The van der Waals surface area contributed by atoms with Gasteiger partial charge in [-0.1, -0.05) is 15.9 Å². The number of fused-ring (bicyclic) bond motifs is 1. The highest BCUT2D eigenvalue weighted by molar-refractivity contribution is 9.10. The third-order valence-electron chi connectivity index (χ3n) is 3.08. The molecule has 0 aliphatic heterocycles. The second kappa shape index (κ2) is 3.84. The molecule has 0 radical (unpaired) electrons. The summed E-state index contributed by atoms with van der Waals surface area (Å²) in [5.41, 5.74) is 1.04. The molecule has 18 heavy (non-hydrogen) atoms. The number of aromatic nitrogens is 1. The first-order chi connectivity index (χ1) is 8.54. The van der Waals surface area contributed by atoms with Crippen molar-refractivity contribution in [2.45, 2.75) is 18.1 Å². The number of halogens is 1. The predicted molar refractivity (Wildman–Crippen MR) is 71.7 cm³/mol. The molecule has 1 aromatic heterocycles. The van der Waals surface area contributed by atoms with Crippen LogP contribution in [-0.4, -0.2) is 17.6 Å². The normalized spacial score (nSPS) is 15.8. The van der Waals surface area contributed by atoms with Crippen LogP contribution in [0.15, 0.2) is 28.9 Å². The quantitative estimate of drug-likeness (QED) is 0.853. The highest BCUT2D eigenvalue weighted by atomic mass is 79.9. The Kier molecular flexibility index (Phi) is 2.50. The second-order valence-electron chi connectivity index (χ2n) is 4.35. The summed E-state index contributed by atoms with van der Waals surface area (Å²) < 4.78 is 26.5. The topological polar surface area (TPSA) is 62.9 Å². The first-order valence-corrected chi connectivity index (χ1v) is 7.79. The Hall–Kier alpha value is -1.32. The first kappa shape index (κ1) is 11.8. The fraction of sp³-hybridized carbons (Fsp3) is 0.250. The molecule has 1 aromatic carbocycles. The van der Waals surface area contributed by atoms with E-state index in [2.05, 4.69) is 22.0 Å². The van der Waals surface area contributed by atoms with Gasteiger partial charge in [-0.25, -0.2) is 12.4 Å². The predicted octanol–water partition coefficient (Wildman–Crippen LogP) is 2.62. The van der Waals surface area contributed by atoms with Gasteiger partial charge in [0.05, 0.1) is 22.4 Å². The molecule has 1 heterocycles. The van der Waals surface area contributed by atoms with E-state index in [9.17, 15) is 8.42 Å². The molecule has 1 saturated carbocycles.